The van der Waals surface area contributed by atoms with Gasteiger partial charge in [0.05, 0.1) is 6.42 Å². The highest BCUT2D eigenvalue weighted by molar-refractivity contribution is 5.16. The molecule has 2 unspecified atom stereocenters. The molecule has 0 aromatic rings. The van der Waals surface area contributed by atoms with Crippen LogP contribution in [-0.2, 0) is 0 Å². The molecule has 0 saturated carbocycles. The van der Waals surface area contributed by atoms with Crippen LogP contribution < -0.4 is 0 Å². The molecule has 0 N–H and O–H groups in total. The van der Waals surface area contributed by atoms with Crippen LogP contribution in [0.2, 0.25) is 0 Å². The van der Waals surface area contributed by atoms with E-state index in [-0.39, 0.29) is 12.8 Å². The van der Waals surface area contributed by atoms with Gasteiger partial charge in [0.1, 0.15) is 6.67 Å². The van der Waals surface area contributed by atoms with Crippen LogP contribution in [-0.4, -0.2) is 29.9 Å². The zero-order valence-electron chi connectivity index (χ0n) is 15.5. The number of hydrogen-bond donors (Lipinski definition) is 0. The van der Waals surface area contributed by atoms with Crippen molar-refractivity contribution in [2.45, 2.75) is 90.9 Å². The predicted molar refractivity (Wildman–Crippen MR) is 82.0 cm³/mol. The summed E-state index contributed by atoms with van der Waals surface area (Å²) in [5, 5.41) is 0. The highest BCUT2D eigenvalue weighted by atomic mass is 19.3. The molecule has 146 valence electrons. The second-order valence-electron chi connectivity index (χ2n) is 8.03. The van der Waals surface area contributed by atoms with E-state index < -0.39 is 47.1 Å². The second-order valence-corrected chi connectivity index (χ2v) is 8.03. The molecule has 0 amide bonds. The van der Waals surface area contributed by atoms with Crippen LogP contribution in [0, 0.1) is 10.8 Å². The molecule has 0 aromatic carbocycles. The summed E-state index contributed by atoms with van der Waals surface area (Å²) in [6.07, 6.45) is -2.35. The average molecular weight is 366 g/mol. The molecule has 0 fully saturated rings. The molecule has 0 rings (SSSR count). The van der Waals surface area contributed by atoms with Gasteiger partial charge in [-0.15, -0.1) is 0 Å². The molecule has 2 atom stereocenters. The van der Waals surface area contributed by atoms with E-state index in [1.165, 1.54) is 13.8 Å². The van der Waals surface area contributed by atoms with Gasteiger partial charge in [-0.3, -0.25) is 0 Å². The van der Waals surface area contributed by atoms with E-state index in [0.29, 0.717) is 6.92 Å². The van der Waals surface area contributed by atoms with Crippen molar-refractivity contribution in [3.63, 3.8) is 0 Å². The van der Waals surface area contributed by atoms with Crippen molar-refractivity contribution in [3.05, 3.63) is 0 Å². The Morgan fingerprint density at radius 1 is 0.625 bits per heavy atom. The Morgan fingerprint density at radius 2 is 0.958 bits per heavy atom. The van der Waals surface area contributed by atoms with Crippen LogP contribution in [0.25, 0.3) is 0 Å². The number of rotatable bonds is 9. The first-order valence-electron chi connectivity index (χ1n) is 8.08. The molecule has 24 heavy (non-hydrogen) atoms. The van der Waals surface area contributed by atoms with E-state index in [1.54, 1.807) is 0 Å². The summed E-state index contributed by atoms with van der Waals surface area (Å²) in [5.74, 6) is -8.76. The minimum Gasteiger partial charge on any atom is -0.247 e. The van der Waals surface area contributed by atoms with Gasteiger partial charge in [0.25, 0.3) is 0 Å². The molecular weight excluding hydrogens is 337 g/mol. The Bertz CT molecular complexity index is 425. The van der Waals surface area contributed by atoms with Gasteiger partial charge >= 0.3 is 5.92 Å². The van der Waals surface area contributed by atoms with Crippen LogP contribution in [0.4, 0.5) is 30.7 Å². The SMILES string of the molecule is CCC(C)(C)C(F)(CF)C(F)(F)C(F)(CC(C)(F)F)C(C)(C)CC. The van der Waals surface area contributed by atoms with Crippen molar-refractivity contribution < 1.29 is 30.7 Å². The average Bonchev–Trinajstić information content (AvgIpc) is 2.43. The van der Waals surface area contributed by atoms with Crippen LogP contribution in [0.3, 0.4) is 0 Å². The summed E-state index contributed by atoms with van der Waals surface area (Å²) in [7, 11) is 0. The number of hydrogen-bond acceptors (Lipinski definition) is 0. The van der Waals surface area contributed by atoms with Crippen molar-refractivity contribution in [1.29, 1.82) is 0 Å². The Kier molecular flexibility index (Phi) is 6.54. The molecule has 0 aliphatic heterocycles. The molecule has 0 radical (unpaired) electrons. The Labute approximate surface area is 140 Å². The van der Waals surface area contributed by atoms with E-state index in [1.807, 2.05) is 0 Å². The van der Waals surface area contributed by atoms with Gasteiger partial charge < -0.3 is 0 Å². The third-order valence-corrected chi connectivity index (χ3v) is 5.65. The monoisotopic (exact) mass is 366 g/mol. The van der Waals surface area contributed by atoms with Crippen LogP contribution >= 0.6 is 0 Å². The fourth-order valence-corrected chi connectivity index (χ4v) is 2.77. The molecule has 0 bridgehead atoms. The number of alkyl halides is 7. The van der Waals surface area contributed by atoms with Gasteiger partial charge in [0.15, 0.2) is 5.67 Å². The lowest BCUT2D eigenvalue weighted by atomic mass is 9.59. The fourth-order valence-electron chi connectivity index (χ4n) is 2.77. The standard InChI is InChI=1S/C17H29F7/c1-8-12(3,4)15(21,10-14(7,19)20)17(23,24)16(22,11-18)13(5,6)9-2/h8-11H2,1-7H3. The quantitative estimate of drug-likeness (QED) is 0.388. The lowest BCUT2D eigenvalue weighted by Crippen LogP contribution is -2.69. The highest BCUT2D eigenvalue weighted by Crippen LogP contribution is 2.61. The van der Waals surface area contributed by atoms with Crippen molar-refractivity contribution in [2.75, 3.05) is 6.67 Å². The summed E-state index contributed by atoms with van der Waals surface area (Å²) >= 11 is 0. The maximum Gasteiger partial charge on any atom is 0.318 e. The van der Waals surface area contributed by atoms with Crippen molar-refractivity contribution in [1.82, 2.24) is 0 Å². The minimum absolute atomic E-state index is 0.214. The Hall–Kier alpha value is -0.490. The largest absolute Gasteiger partial charge is 0.318 e. The lowest BCUT2D eigenvalue weighted by Gasteiger charge is -2.53. The predicted octanol–water partition coefficient (Wildman–Crippen LogP) is 6.93. The van der Waals surface area contributed by atoms with Crippen LogP contribution in [0.15, 0.2) is 0 Å². The summed E-state index contributed by atoms with van der Waals surface area (Å²) in [6.45, 7) is 4.99. The molecule has 0 aliphatic carbocycles. The summed E-state index contributed by atoms with van der Waals surface area (Å²) < 4.78 is 101. The van der Waals surface area contributed by atoms with E-state index in [4.69, 9.17) is 0 Å². The van der Waals surface area contributed by atoms with Crippen molar-refractivity contribution in [2.24, 2.45) is 10.8 Å². The van der Waals surface area contributed by atoms with Gasteiger partial charge in [-0.05, 0) is 19.8 Å². The van der Waals surface area contributed by atoms with Crippen molar-refractivity contribution in [3.8, 4) is 0 Å². The maximum atomic E-state index is 15.6. The second kappa shape index (κ2) is 6.67. The molecular formula is C17H29F7. The summed E-state index contributed by atoms with van der Waals surface area (Å²) in [6, 6.07) is 0. The molecule has 0 spiro atoms. The smallest absolute Gasteiger partial charge is 0.247 e. The fraction of sp³-hybridized carbons (Fsp3) is 1.00. The first kappa shape index (κ1) is 23.5. The van der Waals surface area contributed by atoms with E-state index in [9.17, 15) is 13.2 Å². The Morgan fingerprint density at radius 3 is 1.21 bits per heavy atom. The first-order chi connectivity index (χ1) is 10.4. The van der Waals surface area contributed by atoms with Crippen LogP contribution in [0.1, 0.15) is 67.7 Å². The molecule has 7 heteroatoms. The third kappa shape index (κ3) is 3.55. The van der Waals surface area contributed by atoms with Gasteiger partial charge in [0.2, 0.25) is 11.6 Å². The number of halogens is 7. The van der Waals surface area contributed by atoms with E-state index in [0.717, 1.165) is 27.7 Å². The molecule has 0 heterocycles. The third-order valence-electron chi connectivity index (χ3n) is 5.65. The first-order valence-corrected chi connectivity index (χ1v) is 8.08. The molecule has 0 aliphatic rings. The zero-order valence-corrected chi connectivity index (χ0v) is 15.5. The van der Waals surface area contributed by atoms with E-state index >= 15 is 17.6 Å². The molecule has 0 aromatic heterocycles. The Balaban J connectivity index is 6.57. The zero-order chi connectivity index (χ0) is 19.8. The minimum atomic E-state index is -4.95. The van der Waals surface area contributed by atoms with Gasteiger partial charge in [0, 0.05) is 10.8 Å². The normalized spacial score (nSPS) is 19.8. The molecule has 0 nitrogen and oxygen atoms in total. The van der Waals surface area contributed by atoms with Gasteiger partial charge in [-0.25, -0.2) is 22.0 Å². The van der Waals surface area contributed by atoms with Crippen molar-refractivity contribution >= 4 is 0 Å². The maximum absolute atomic E-state index is 15.6. The van der Waals surface area contributed by atoms with Gasteiger partial charge in [-0.2, -0.15) is 8.78 Å². The summed E-state index contributed by atoms with van der Waals surface area (Å²) in [5.41, 5.74) is -11.8. The topological polar surface area (TPSA) is 0 Å². The summed E-state index contributed by atoms with van der Waals surface area (Å²) in [4.78, 5) is 0. The highest BCUT2D eigenvalue weighted by Gasteiger charge is 2.76. The van der Waals surface area contributed by atoms with Gasteiger partial charge in [-0.1, -0.05) is 41.5 Å². The van der Waals surface area contributed by atoms with Crippen LogP contribution in [0.5, 0.6) is 0 Å². The molecule has 0 saturated heterocycles. The van der Waals surface area contributed by atoms with E-state index in [2.05, 4.69) is 0 Å². The lowest BCUT2D eigenvalue weighted by molar-refractivity contribution is -0.300.